The fraction of sp³-hybridized carbons (Fsp3) is 0.438. The number of carbonyl (C=O) groups excluding carboxylic acids is 1. The van der Waals surface area contributed by atoms with Gasteiger partial charge in [-0.05, 0) is 54.0 Å². The average molecular weight is 263 g/mol. The molecule has 0 amide bonds. The van der Waals surface area contributed by atoms with Crippen LogP contribution >= 0.6 is 11.6 Å². The molecule has 1 nitrogen and oxygen atoms in total. The highest BCUT2D eigenvalue weighted by Gasteiger charge is 2.15. The van der Waals surface area contributed by atoms with Crippen LogP contribution in [0.1, 0.15) is 56.1 Å². The van der Waals surface area contributed by atoms with E-state index in [4.69, 9.17) is 11.6 Å². The largest absolute Gasteiger partial charge is 0.276 e. The molecule has 1 aliphatic carbocycles. The monoisotopic (exact) mass is 262 g/mol. The van der Waals surface area contributed by atoms with Crippen molar-refractivity contribution in [2.45, 2.75) is 44.9 Å². The van der Waals surface area contributed by atoms with E-state index in [2.05, 4.69) is 24.3 Å². The summed E-state index contributed by atoms with van der Waals surface area (Å²) in [6.45, 7) is 1.91. The minimum atomic E-state index is -0.413. The van der Waals surface area contributed by atoms with Crippen molar-refractivity contribution in [3.8, 4) is 0 Å². The van der Waals surface area contributed by atoms with Gasteiger partial charge in [0.05, 0.1) is 0 Å². The third kappa shape index (κ3) is 3.46. The van der Waals surface area contributed by atoms with E-state index in [0.29, 0.717) is 0 Å². The van der Waals surface area contributed by atoms with Gasteiger partial charge in [0, 0.05) is 6.08 Å². The van der Waals surface area contributed by atoms with Crippen molar-refractivity contribution in [2.75, 3.05) is 0 Å². The molecule has 0 N–H and O–H groups in total. The van der Waals surface area contributed by atoms with Gasteiger partial charge in [0.2, 0.25) is 5.24 Å². The van der Waals surface area contributed by atoms with Gasteiger partial charge in [-0.3, -0.25) is 4.79 Å². The number of carbonyl (C=O) groups is 1. The Morgan fingerprint density at radius 3 is 2.33 bits per heavy atom. The standard InChI is InChI=1S/C16H19ClO/c1-12(11-16(17)18)13-7-9-15(10-8-13)14-5-3-2-4-6-14/h7-11,14H,2-6H2,1H3. The summed E-state index contributed by atoms with van der Waals surface area (Å²) >= 11 is 5.36. The first kappa shape index (κ1) is 13.4. The molecular weight excluding hydrogens is 244 g/mol. The molecule has 0 aliphatic heterocycles. The van der Waals surface area contributed by atoms with Crippen LogP contribution < -0.4 is 0 Å². The minimum absolute atomic E-state index is 0.413. The van der Waals surface area contributed by atoms with Crippen molar-refractivity contribution >= 4 is 22.4 Å². The van der Waals surface area contributed by atoms with E-state index in [0.717, 1.165) is 17.1 Å². The van der Waals surface area contributed by atoms with Gasteiger partial charge in [0.15, 0.2) is 0 Å². The summed E-state index contributed by atoms with van der Waals surface area (Å²) in [6.07, 6.45) is 8.19. The Balaban J connectivity index is 2.12. The molecule has 2 rings (SSSR count). The van der Waals surface area contributed by atoms with E-state index in [1.807, 2.05) is 6.92 Å². The maximum absolute atomic E-state index is 10.8. The number of hydrogen-bond acceptors (Lipinski definition) is 1. The highest BCUT2D eigenvalue weighted by Crippen LogP contribution is 2.33. The van der Waals surface area contributed by atoms with Crippen LogP contribution in [0.25, 0.3) is 5.57 Å². The van der Waals surface area contributed by atoms with Crippen LogP contribution in [0.15, 0.2) is 30.3 Å². The Morgan fingerprint density at radius 2 is 1.78 bits per heavy atom. The van der Waals surface area contributed by atoms with Gasteiger partial charge in [-0.2, -0.15) is 0 Å². The van der Waals surface area contributed by atoms with E-state index in [1.54, 1.807) is 0 Å². The summed E-state index contributed by atoms with van der Waals surface area (Å²) in [5.74, 6) is 0.728. The maximum atomic E-state index is 10.8. The van der Waals surface area contributed by atoms with Gasteiger partial charge in [-0.25, -0.2) is 0 Å². The third-order valence-corrected chi connectivity index (χ3v) is 3.88. The average Bonchev–Trinajstić information content (AvgIpc) is 2.39. The van der Waals surface area contributed by atoms with Crippen molar-refractivity contribution in [2.24, 2.45) is 0 Å². The second-order valence-corrected chi connectivity index (χ2v) is 5.46. The van der Waals surface area contributed by atoms with Crippen LogP contribution in [-0.2, 0) is 4.79 Å². The van der Waals surface area contributed by atoms with E-state index in [9.17, 15) is 4.79 Å². The van der Waals surface area contributed by atoms with Crippen LogP contribution in [0.2, 0.25) is 0 Å². The number of hydrogen-bond donors (Lipinski definition) is 0. The molecule has 96 valence electrons. The molecule has 18 heavy (non-hydrogen) atoms. The molecule has 2 heteroatoms. The van der Waals surface area contributed by atoms with Crippen LogP contribution in [-0.4, -0.2) is 5.24 Å². The van der Waals surface area contributed by atoms with Crippen LogP contribution in [0.4, 0.5) is 0 Å². The molecule has 1 aliphatic rings. The Labute approximate surface area is 114 Å². The summed E-state index contributed by atoms with van der Waals surface area (Å²) in [5, 5.41) is -0.413. The molecule has 0 heterocycles. The summed E-state index contributed by atoms with van der Waals surface area (Å²) in [6, 6.07) is 8.58. The number of allylic oxidation sites excluding steroid dienone is 2. The van der Waals surface area contributed by atoms with E-state index < -0.39 is 5.24 Å². The van der Waals surface area contributed by atoms with Gasteiger partial charge in [-0.1, -0.05) is 43.5 Å². The number of halogens is 1. The topological polar surface area (TPSA) is 17.1 Å². The highest BCUT2D eigenvalue weighted by atomic mass is 35.5. The third-order valence-electron chi connectivity index (χ3n) is 3.77. The molecule has 0 saturated heterocycles. The van der Waals surface area contributed by atoms with Crippen LogP contribution in [0.3, 0.4) is 0 Å². The fourth-order valence-electron chi connectivity index (χ4n) is 2.71. The molecule has 0 spiro atoms. The van der Waals surface area contributed by atoms with Crippen molar-refractivity contribution < 1.29 is 4.79 Å². The normalized spacial score (nSPS) is 17.8. The van der Waals surface area contributed by atoms with Gasteiger partial charge in [0.1, 0.15) is 0 Å². The maximum Gasteiger partial charge on any atom is 0.245 e. The van der Waals surface area contributed by atoms with Crippen molar-refractivity contribution in [1.82, 2.24) is 0 Å². The van der Waals surface area contributed by atoms with E-state index in [1.165, 1.54) is 43.7 Å². The van der Waals surface area contributed by atoms with Gasteiger partial charge < -0.3 is 0 Å². The first-order valence-electron chi connectivity index (χ1n) is 6.65. The second-order valence-electron chi connectivity index (χ2n) is 5.09. The lowest BCUT2D eigenvalue weighted by atomic mass is 9.84. The molecule has 1 saturated carbocycles. The smallest absolute Gasteiger partial charge is 0.245 e. The van der Waals surface area contributed by atoms with E-state index in [-0.39, 0.29) is 0 Å². The van der Waals surface area contributed by atoms with Crippen molar-refractivity contribution in [3.63, 3.8) is 0 Å². The lowest BCUT2D eigenvalue weighted by molar-refractivity contribution is -0.107. The molecule has 0 unspecified atom stereocenters. The Morgan fingerprint density at radius 1 is 1.17 bits per heavy atom. The second kappa shape index (κ2) is 6.19. The lowest BCUT2D eigenvalue weighted by Crippen LogP contribution is -2.04. The molecule has 1 aromatic carbocycles. The fourth-order valence-corrected chi connectivity index (χ4v) is 2.87. The van der Waals surface area contributed by atoms with Gasteiger partial charge in [-0.15, -0.1) is 0 Å². The molecule has 0 atom stereocenters. The summed E-state index contributed by atoms with van der Waals surface area (Å²) in [4.78, 5) is 10.8. The highest BCUT2D eigenvalue weighted by molar-refractivity contribution is 6.67. The summed E-state index contributed by atoms with van der Waals surface area (Å²) in [5.41, 5.74) is 3.43. The molecule has 0 aromatic heterocycles. The van der Waals surface area contributed by atoms with Crippen molar-refractivity contribution in [3.05, 3.63) is 41.5 Å². The Hall–Kier alpha value is -1.08. The van der Waals surface area contributed by atoms with Gasteiger partial charge >= 0.3 is 0 Å². The number of benzene rings is 1. The number of rotatable bonds is 3. The van der Waals surface area contributed by atoms with Gasteiger partial charge in [0.25, 0.3) is 0 Å². The first-order valence-corrected chi connectivity index (χ1v) is 7.02. The van der Waals surface area contributed by atoms with Crippen molar-refractivity contribution in [1.29, 1.82) is 0 Å². The van der Waals surface area contributed by atoms with Crippen LogP contribution in [0.5, 0.6) is 0 Å². The first-order chi connectivity index (χ1) is 8.66. The zero-order valence-electron chi connectivity index (χ0n) is 10.8. The summed E-state index contributed by atoms with van der Waals surface area (Å²) < 4.78 is 0. The summed E-state index contributed by atoms with van der Waals surface area (Å²) in [7, 11) is 0. The molecule has 0 radical (unpaired) electrons. The molecule has 1 aromatic rings. The Bertz CT molecular complexity index is 439. The SMILES string of the molecule is CC(=CC(=O)Cl)c1ccc(C2CCCCC2)cc1. The zero-order valence-corrected chi connectivity index (χ0v) is 11.5. The lowest BCUT2D eigenvalue weighted by Gasteiger charge is -2.22. The van der Waals surface area contributed by atoms with E-state index >= 15 is 0 Å². The van der Waals surface area contributed by atoms with Crippen LogP contribution in [0, 0.1) is 0 Å². The Kier molecular flexibility index (Phi) is 4.60. The molecular formula is C16H19ClO. The predicted molar refractivity (Wildman–Crippen MR) is 76.8 cm³/mol. The quantitative estimate of drug-likeness (QED) is 0.559. The minimum Gasteiger partial charge on any atom is -0.276 e. The molecule has 1 fully saturated rings. The predicted octanol–water partition coefficient (Wildman–Crippen LogP) is 4.90. The zero-order chi connectivity index (χ0) is 13.0. The molecule has 0 bridgehead atoms.